The van der Waals surface area contributed by atoms with E-state index in [0.717, 1.165) is 18.1 Å². The molecule has 26 heavy (non-hydrogen) atoms. The van der Waals surface area contributed by atoms with Crippen LogP contribution in [0.3, 0.4) is 0 Å². The minimum absolute atomic E-state index is 0.0143. The van der Waals surface area contributed by atoms with Crippen molar-refractivity contribution in [2.75, 3.05) is 6.61 Å². The van der Waals surface area contributed by atoms with E-state index in [4.69, 9.17) is 4.74 Å². The number of carboxylic acid groups (broad SMARTS) is 1. The maximum absolute atomic E-state index is 12.3. The van der Waals surface area contributed by atoms with Crippen LogP contribution >= 0.6 is 0 Å². The fourth-order valence-corrected chi connectivity index (χ4v) is 2.69. The fraction of sp³-hybridized carbons (Fsp3) is 0.250. The highest BCUT2D eigenvalue weighted by molar-refractivity contribution is 6.07. The standard InChI is InChI=1S/C20H21NO5/c1-3-26-19(25)20(18(23)24,21-14(2)22)13-15-9-11-17(12-10-15)16-7-5-4-6-8-16/h4-12H,3,13H2,1-2H3,(H,21,22)(H,23,24). The second-order valence-corrected chi connectivity index (χ2v) is 5.85. The van der Waals surface area contributed by atoms with Gasteiger partial charge in [0.1, 0.15) is 0 Å². The highest BCUT2D eigenvalue weighted by atomic mass is 16.5. The van der Waals surface area contributed by atoms with Crippen LogP contribution in [0.1, 0.15) is 19.4 Å². The van der Waals surface area contributed by atoms with Gasteiger partial charge in [-0.1, -0.05) is 54.6 Å². The van der Waals surface area contributed by atoms with Gasteiger partial charge in [-0.2, -0.15) is 0 Å². The molecule has 6 heteroatoms. The van der Waals surface area contributed by atoms with Crippen LogP contribution in [0.25, 0.3) is 11.1 Å². The number of ether oxygens (including phenoxy) is 1. The lowest BCUT2D eigenvalue weighted by Gasteiger charge is -2.27. The molecule has 2 rings (SSSR count). The molecule has 2 aromatic rings. The molecule has 1 amide bonds. The zero-order valence-electron chi connectivity index (χ0n) is 14.7. The Bertz CT molecular complexity index is 786. The van der Waals surface area contributed by atoms with Gasteiger partial charge in [0.25, 0.3) is 0 Å². The van der Waals surface area contributed by atoms with Crippen molar-refractivity contribution in [1.29, 1.82) is 0 Å². The first-order chi connectivity index (χ1) is 12.4. The monoisotopic (exact) mass is 355 g/mol. The number of hydrogen-bond acceptors (Lipinski definition) is 4. The van der Waals surface area contributed by atoms with Gasteiger partial charge in [0.2, 0.25) is 11.4 Å². The van der Waals surface area contributed by atoms with E-state index in [1.807, 2.05) is 42.5 Å². The van der Waals surface area contributed by atoms with Crippen LogP contribution in [0.4, 0.5) is 0 Å². The summed E-state index contributed by atoms with van der Waals surface area (Å²) in [6.45, 7) is 2.75. The number of carbonyl (C=O) groups is 3. The van der Waals surface area contributed by atoms with Crippen LogP contribution < -0.4 is 5.32 Å². The van der Waals surface area contributed by atoms with Crippen molar-refractivity contribution in [3.63, 3.8) is 0 Å². The van der Waals surface area contributed by atoms with E-state index >= 15 is 0 Å². The first-order valence-corrected chi connectivity index (χ1v) is 8.23. The Morgan fingerprint density at radius 3 is 2.08 bits per heavy atom. The number of carbonyl (C=O) groups excluding carboxylic acids is 2. The van der Waals surface area contributed by atoms with Crippen molar-refractivity contribution >= 4 is 17.8 Å². The van der Waals surface area contributed by atoms with Crippen molar-refractivity contribution in [2.24, 2.45) is 0 Å². The second-order valence-electron chi connectivity index (χ2n) is 5.85. The van der Waals surface area contributed by atoms with E-state index in [1.54, 1.807) is 19.1 Å². The topological polar surface area (TPSA) is 92.7 Å². The summed E-state index contributed by atoms with van der Waals surface area (Å²) < 4.78 is 4.90. The lowest BCUT2D eigenvalue weighted by Crippen LogP contribution is -2.61. The Hall–Kier alpha value is -3.15. The van der Waals surface area contributed by atoms with Crippen molar-refractivity contribution in [3.05, 3.63) is 60.2 Å². The highest BCUT2D eigenvalue weighted by Gasteiger charge is 2.48. The Morgan fingerprint density at radius 2 is 1.58 bits per heavy atom. The molecule has 0 aliphatic carbocycles. The molecule has 0 radical (unpaired) electrons. The molecule has 0 saturated heterocycles. The molecule has 1 unspecified atom stereocenters. The minimum atomic E-state index is -2.16. The molecule has 0 aliphatic heterocycles. The van der Waals surface area contributed by atoms with Crippen LogP contribution in [0.5, 0.6) is 0 Å². The summed E-state index contributed by atoms with van der Waals surface area (Å²) in [6.07, 6.45) is -0.212. The molecule has 0 heterocycles. The Labute approximate surface area is 151 Å². The molecule has 0 saturated carbocycles. The zero-order valence-corrected chi connectivity index (χ0v) is 14.7. The predicted molar refractivity (Wildman–Crippen MR) is 96.4 cm³/mol. The van der Waals surface area contributed by atoms with Gasteiger partial charge < -0.3 is 15.2 Å². The molecule has 6 nitrogen and oxygen atoms in total. The third-order valence-electron chi connectivity index (χ3n) is 3.91. The number of carboxylic acids is 1. The first-order valence-electron chi connectivity index (χ1n) is 8.23. The molecular formula is C20H21NO5. The summed E-state index contributed by atoms with van der Waals surface area (Å²) in [7, 11) is 0. The summed E-state index contributed by atoms with van der Waals surface area (Å²) in [5, 5.41) is 11.9. The number of rotatable bonds is 7. The normalized spacial score (nSPS) is 12.7. The van der Waals surface area contributed by atoms with Crippen molar-refractivity contribution in [3.8, 4) is 11.1 Å². The number of benzene rings is 2. The van der Waals surface area contributed by atoms with Crippen LogP contribution in [0.2, 0.25) is 0 Å². The maximum atomic E-state index is 12.3. The van der Waals surface area contributed by atoms with Crippen LogP contribution in [-0.4, -0.2) is 35.1 Å². The van der Waals surface area contributed by atoms with Gasteiger partial charge in [-0.05, 0) is 23.6 Å². The largest absolute Gasteiger partial charge is 0.479 e. The van der Waals surface area contributed by atoms with E-state index < -0.39 is 23.4 Å². The van der Waals surface area contributed by atoms with Gasteiger partial charge in [-0.3, -0.25) is 4.79 Å². The van der Waals surface area contributed by atoms with Crippen LogP contribution in [0, 0.1) is 0 Å². The lowest BCUT2D eigenvalue weighted by molar-refractivity contribution is -0.164. The summed E-state index contributed by atoms with van der Waals surface area (Å²) in [6, 6.07) is 16.9. The Morgan fingerprint density at radius 1 is 1.00 bits per heavy atom. The van der Waals surface area contributed by atoms with Gasteiger partial charge >= 0.3 is 11.9 Å². The molecule has 2 N–H and O–H groups in total. The van der Waals surface area contributed by atoms with Crippen LogP contribution in [0.15, 0.2) is 54.6 Å². The molecule has 0 aromatic heterocycles. The van der Waals surface area contributed by atoms with Crippen LogP contribution in [-0.2, 0) is 25.5 Å². The first kappa shape index (κ1) is 19.2. The van der Waals surface area contributed by atoms with Gasteiger partial charge in [0.15, 0.2) is 0 Å². The average Bonchev–Trinajstić information content (AvgIpc) is 2.62. The number of nitrogens with one attached hydrogen (secondary N) is 1. The number of hydrogen-bond donors (Lipinski definition) is 2. The summed E-state index contributed by atoms with van der Waals surface area (Å²) >= 11 is 0. The van der Waals surface area contributed by atoms with Gasteiger partial charge in [-0.25, -0.2) is 9.59 Å². The number of esters is 1. The smallest absolute Gasteiger partial charge is 0.344 e. The molecule has 0 spiro atoms. The highest BCUT2D eigenvalue weighted by Crippen LogP contribution is 2.22. The van der Waals surface area contributed by atoms with E-state index in [1.165, 1.54) is 0 Å². The predicted octanol–water partition coefficient (Wildman–Crippen LogP) is 2.42. The second kappa shape index (κ2) is 8.29. The van der Waals surface area contributed by atoms with Crippen molar-refractivity contribution in [2.45, 2.75) is 25.8 Å². The molecular weight excluding hydrogens is 334 g/mol. The third-order valence-corrected chi connectivity index (χ3v) is 3.91. The number of aliphatic carboxylic acids is 1. The molecule has 0 fully saturated rings. The summed E-state index contributed by atoms with van der Waals surface area (Å²) in [5.41, 5.74) is 0.423. The minimum Gasteiger partial charge on any atom is -0.479 e. The van der Waals surface area contributed by atoms with E-state index in [-0.39, 0.29) is 13.0 Å². The Balaban J connectivity index is 2.34. The van der Waals surface area contributed by atoms with Crippen molar-refractivity contribution < 1.29 is 24.2 Å². The number of amides is 1. The summed E-state index contributed by atoms with van der Waals surface area (Å²) in [4.78, 5) is 35.7. The zero-order chi connectivity index (χ0) is 19.2. The van der Waals surface area contributed by atoms with Crippen molar-refractivity contribution in [1.82, 2.24) is 5.32 Å². The van der Waals surface area contributed by atoms with E-state index in [9.17, 15) is 19.5 Å². The SMILES string of the molecule is CCOC(=O)C(Cc1ccc(-c2ccccc2)cc1)(NC(C)=O)C(=O)O. The van der Waals surface area contributed by atoms with E-state index in [0.29, 0.717) is 5.56 Å². The molecule has 0 aliphatic rings. The average molecular weight is 355 g/mol. The van der Waals surface area contributed by atoms with Gasteiger partial charge in [0.05, 0.1) is 6.61 Å². The molecule has 1 atom stereocenters. The van der Waals surface area contributed by atoms with E-state index in [2.05, 4.69) is 5.32 Å². The lowest BCUT2D eigenvalue weighted by atomic mass is 9.89. The third kappa shape index (κ3) is 4.27. The summed E-state index contributed by atoms with van der Waals surface area (Å²) in [5.74, 6) is -3.07. The maximum Gasteiger partial charge on any atom is 0.344 e. The van der Waals surface area contributed by atoms with Gasteiger partial charge in [0, 0.05) is 13.3 Å². The quantitative estimate of drug-likeness (QED) is 0.588. The fourth-order valence-electron chi connectivity index (χ4n) is 2.69. The van der Waals surface area contributed by atoms with Gasteiger partial charge in [-0.15, -0.1) is 0 Å². The molecule has 2 aromatic carbocycles. The molecule has 0 bridgehead atoms. The molecule has 136 valence electrons. The Kier molecular flexibility index (Phi) is 6.11.